The van der Waals surface area contributed by atoms with Gasteiger partial charge in [-0.15, -0.1) is 0 Å². The largest absolute Gasteiger partial charge is 0.389 e. The van der Waals surface area contributed by atoms with Crippen molar-refractivity contribution in [1.82, 2.24) is 0 Å². The van der Waals surface area contributed by atoms with Gasteiger partial charge in [-0.2, -0.15) is 13.2 Å². The fourth-order valence-electron chi connectivity index (χ4n) is 0.645. The normalized spacial score (nSPS) is 15.0. The zero-order valence-corrected chi connectivity index (χ0v) is 5.99. The molecule has 5 heteroatoms. The summed E-state index contributed by atoms with van der Waals surface area (Å²) in [5.74, 6) is 0. The van der Waals surface area contributed by atoms with Crippen molar-refractivity contribution in [3.8, 4) is 0 Å². The number of rotatable bonds is 4. The van der Waals surface area contributed by atoms with Crippen molar-refractivity contribution in [1.29, 1.82) is 0 Å². The number of halogens is 4. The Morgan fingerprint density at radius 2 is 1.73 bits per heavy atom. The molecule has 2 N–H and O–H groups in total. The summed E-state index contributed by atoms with van der Waals surface area (Å²) in [6, 6.07) is 0. The third-order valence-corrected chi connectivity index (χ3v) is 1.22. The average molecular weight is 173 g/mol. The van der Waals surface area contributed by atoms with E-state index in [1.165, 1.54) is 0 Å². The zero-order chi connectivity index (χ0) is 8.91. The van der Waals surface area contributed by atoms with E-state index in [0.29, 0.717) is 0 Å². The van der Waals surface area contributed by atoms with Gasteiger partial charge in [0.1, 0.15) is 6.17 Å². The van der Waals surface area contributed by atoms with Gasteiger partial charge in [0.25, 0.3) is 0 Å². The van der Waals surface area contributed by atoms with E-state index < -0.39 is 25.2 Å². The molecule has 68 valence electrons. The van der Waals surface area contributed by atoms with Crippen molar-refractivity contribution >= 4 is 0 Å². The molecule has 1 atom stereocenters. The van der Waals surface area contributed by atoms with Crippen molar-refractivity contribution in [3.63, 3.8) is 0 Å². The Labute approximate surface area is 62.6 Å². The van der Waals surface area contributed by atoms with E-state index in [-0.39, 0.29) is 13.0 Å². The lowest BCUT2D eigenvalue weighted by Crippen LogP contribution is -2.14. The molecule has 0 spiro atoms. The highest BCUT2D eigenvalue weighted by atomic mass is 19.4. The smallest absolute Gasteiger partial charge is 0.330 e. The molecule has 1 nitrogen and oxygen atoms in total. The van der Waals surface area contributed by atoms with Crippen LogP contribution in [0.2, 0.25) is 0 Å². The summed E-state index contributed by atoms with van der Waals surface area (Å²) in [5, 5.41) is 0. The summed E-state index contributed by atoms with van der Waals surface area (Å²) in [6.07, 6.45) is -7.19. The van der Waals surface area contributed by atoms with E-state index >= 15 is 0 Å². The minimum atomic E-state index is -4.25. The van der Waals surface area contributed by atoms with Gasteiger partial charge >= 0.3 is 6.18 Å². The minimum absolute atomic E-state index is 0.0100. The first-order chi connectivity index (χ1) is 4.95. The average Bonchev–Trinajstić information content (AvgIpc) is 1.83. The highest BCUT2D eigenvalue weighted by Gasteiger charge is 2.27. The Hall–Kier alpha value is -0.320. The Morgan fingerprint density at radius 3 is 2.09 bits per heavy atom. The second-order valence-electron chi connectivity index (χ2n) is 2.33. The number of nitrogens with two attached hydrogens (primary N) is 1. The SMILES string of the molecule is NCCC(F)CCC(F)(F)F. The van der Waals surface area contributed by atoms with E-state index in [9.17, 15) is 17.6 Å². The summed E-state index contributed by atoms with van der Waals surface area (Å²) in [7, 11) is 0. The van der Waals surface area contributed by atoms with Crippen LogP contribution in [0.15, 0.2) is 0 Å². The predicted molar refractivity (Wildman–Crippen MR) is 33.9 cm³/mol. The molecule has 0 rings (SSSR count). The second-order valence-corrected chi connectivity index (χ2v) is 2.33. The summed E-state index contributed by atoms with van der Waals surface area (Å²) >= 11 is 0. The van der Waals surface area contributed by atoms with Crippen LogP contribution in [-0.2, 0) is 0 Å². The lowest BCUT2D eigenvalue weighted by atomic mass is 10.1. The molecule has 0 fully saturated rings. The Balaban J connectivity index is 3.38. The molecule has 11 heavy (non-hydrogen) atoms. The van der Waals surface area contributed by atoms with Crippen LogP contribution in [0.5, 0.6) is 0 Å². The highest BCUT2D eigenvalue weighted by Crippen LogP contribution is 2.23. The van der Waals surface area contributed by atoms with Gasteiger partial charge in [0, 0.05) is 6.42 Å². The maximum atomic E-state index is 12.4. The standard InChI is InChI=1S/C6H11F4N/c7-5(2-4-11)1-3-6(8,9)10/h5H,1-4,11H2. The van der Waals surface area contributed by atoms with Crippen LogP contribution in [0.3, 0.4) is 0 Å². The van der Waals surface area contributed by atoms with Gasteiger partial charge in [-0.25, -0.2) is 4.39 Å². The van der Waals surface area contributed by atoms with Crippen molar-refractivity contribution in [3.05, 3.63) is 0 Å². The number of hydrogen-bond donors (Lipinski definition) is 1. The van der Waals surface area contributed by atoms with Gasteiger partial charge in [0.05, 0.1) is 0 Å². The monoisotopic (exact) mass is 173 g/mol. The molecule has 0 radical (unpaired) electrons. The molecule has 0 heterocycles. The van der Waals surface area contributed by atoms with Gasteiger partial charge in [0.2, 0.25) is 0 Å². The molecule has 0 saturated heterocycles. The third-order valence-electron chi connectivity index (χ3n) is 1.22. The van der Waals surface area contributed by atoms with Crippen LogP contribution >= 0.6 is 0 Å². The molecule has 0 saturated carbocycles. The third kappa shape index (κ3) is 7.58. The van der Waals surface area contributed by atoms with E-state index in [0.717, 1.165) is 0 Å². The quantitative estimate of drug-likeness (QED) is 0.646. The Kier molecular flexibility index (Phi) is 4.40. The van der Waals surface area contributed by atoms with E-state index in [1.807, 2.05) is 0 Å². The summed E-state index contributed by atoms with van der Waals surface area (Å²) in [6.45, 7) is 0.0963. The maximum Gasteiger partial charge on any atom is 0.389 e. The van der Waals surface area contributed by atoms with Gasteiger partial charge in [-0.3, -0.25) is 0 Å². The topological polar surface area (TPSA) is 26.0 Å². The van der Waals surface area contributed by atoms with Crippen LogP contribution in [-0.4, -0.2) is 18.9 Å². The lowest BCUT2D eigenvalue weighted by Gasteiger charge is -2.08. The minimum Gasteiger partial charge on any atom is -0.330 e. The van der Waals surface area contributed by atoms with E-state index in [4.69, 9.17) is 5.73 Å². The van der Waals surface area contributed by atoms with Crippen molar-refractivity contribution in [2.75, 3.05) is 6.54 Å². The van der Waals surface area contributed by atoms with Crippen LogP contribution in [0.25, 0.3) is 0 Å². The number of hydrogen-bond acceptors (Lipinski definition) is 1. The molecular weight excluding hydrogens is 162 g/mol. The fraction of sp³-hybridized carbons (Fsp3) is 1.00. The van der Waals surface area contributed by atoms with E-state index in [1.54, 1.807) is 0 Å². The second kappa shape index (κ2) is 4.54. The van der Waals surface area contributed by atoms with Crippen LogP contribution in [0.1, 0.15) is 19.3 Å². The fourth-order valence-corrected chi connectivity index (χ4v) is 0.645. The molecule has 0 aliphatic rings. The highest BCUT2D eigenvalue weighted by molar-refractivity contribution is 4.60. The molecule has 0 aliphatic carbocycles. The maximum absolute atomic E-state index is 12.4. The van der Waals surface area contributed by atoms with Gasteiger partial charge in [-0.05, 0) is 19.4 Å². The van der Waals surface area contributed by atoms with Crippen LogP contribution in [0, 0.1) is 0 Å². The molecule has 0 amide bonds. The van der Waals surface area contributed by atoms with Crippen LogP contribution in [0.4, 0.5) is 17.6 Å². The first kappa shape index (κ1) is 10.7. The Morgan fingerprint density at radius 1 is 1.18 bits per heavy atom. The lowest BCUT2D eigenvalue weighted by molar-refractivity contribution is -0.138. The van der Waals surface area contributed by atoms with Gasteiger partial charge in [-0.1, -0.05) is 0 Å². The number of alkyl halides is 4. The summed E-state index contributed by atoms with van der Waals surface area (Å²) in [5.41, 5.74) is 4.95. The molecular formula is C6H11F4N. The first-order valence-corrected chi connectivity index (χ1v) is 3.36. The molecule has 0 aromatic carbocycles. The first-order valence-electron chi connectivity index (χ1n) is 3.36. The van der Waals surface area contributed by atoms with E-state index in [2.05, 4.69) is 0 Å². The predicted octanol–water partition coefficient (Wildman–Crippen LogP) is 2.02. The zero-order valence-electron chi connectivity index (χ0n) is 5.99. The van der Waals surface area contributed by atoms with Crippen molar-refractivity contribution < 1.29 is 17.6 Å². The van der Waals surface area contributed by atoms with Crippen LogP contribution < -0.4 is 5.73 Å². The Bertz CT molecular complexity index is 101. The molecule has 0 aromatic heterocycles. The van der Waals surface area contributed by atoms with Crippen molar-refractivity contribution in [2.24, 2.45) is 5.73 Å². The summed E-state index contributed by atoms with van der Waals surface area (Å²) in [4.78, 5) is 0. The molecule has 1 unspecified atom stereocenters. The van der Waals surface area contributed by atoms with Gasteiger partial charge < -0.3 is 5.73 Å². The summed E-state index contributed by atoms with van der Waals surface area (Å²) < 4.78 is 46.7. The van der Waals surface area contributed by atoms with Crippen molar-refractivity contribution in [2.45, 2.75) is 31.6 Å². The van der Waals surface area contributed by atoms with Gasteiger partial charge in [0.15, 0.2) is 0 Å². The molecule has 0 bridgehead atoms. The molecule has 0 aromatic rings. The molecule has 0 aliphatic heterocycles.